The van der Waals surface area contributed by atoms with Crippen molar-refractivity contribution in [3.8, 4) is 11.3 Å². The SMILES string of the molecule is Fc1ccc(-c2cn(C3CN(Cc4ccc5nccnc5c4)C3)cn2)cc1. The molecular weight excluding hydrogens is 341 g/mol. The minimum Gasteiger partial charge on any atom is -0.331 e. The smallest absolute Gasteiger partial charge is 0.123 e. The van der Waals surface area contributed by atoms with E-state index in [1.54, 1.807) is 24.5 Å². The zero-order valence-corrected chi connectivity index (χ0v) is 14.7. The highest BCUT2D eigenvalue weighted by Crippen LogP contribution is 2.26. The standard InChI is InChI=1S/C21H18FN5/c22-17-4-2-16(3-5-17)21-13-27(14-25-21)18-11-26(12-18)10-15-1-6-19-20(9-15)24-8-7-23-19/h1-9,13-14,18H,10-12H2. The number of imidazole rings is 1. The lowest BCUT2D eigenvalue weighted by Gasteiger charge is -2.39. The second kappa shape index (κ2) is 6.55. The fourth-order valence-corrected chi connectivity index (χ4v) is 3.53. The van der Waals surface area contributed by atoms with Gasteiger partial charge in [-0.1, -0.05) is 6.07 Å². The van der Waals surface area contributed by atoms with Crippen LogP contribution in [-0.4, -0.2) is 37.5 Å². The molecule has 0 bridgehead atoms. The number of rotatable bonds is 4. The van der Waals surface area contributed by atoms with Gasteiger partial charge >= 0.3 is 0 Å². The van der Waals surface area contributed by atoms with E-state index in [1.807, 2.05) is 18.6 Å². The summed E-state index contributed by atoms with van der Waals surface area (Å²) in [4.78, 5) is 15.6. The molecule has 0 radical (unpaired) electrons. The highest BCUT2D eigenvalue weighted by Gasteiger charge is 2.28. The molecule has 1 aliphatic rings. The first-order valence-electron chi connectivity index (χ1n) is 8.96. The lowest BCUT2D eigenvalue weighted by atomic mass is 10.1. The Labute approximate surface area is 156 Å². The van der Waals surface area contributed by atoms with E-state index in [2.05, 4.69) is 36.6 Å². The van der Waals surface area contributed by atoms with Gasteiger partial charge in [-0.3, -0.25) is 14.9 Å². The Morgan fingerprint density at radius 3 is 2.52 bits per heavy atom. The van der Waals surface area contributed by atoms with Crippen LogP contribution in [0.15, 0.2) is 67.4 Å². The van der Waals surface area contributed by atoms with Crippen LogP contribution in [0.2, 0.25) is 0 Å². The summed E-state index contributed by atoms with van der Waals surface area (Å²) in [6.45, 7) is 2.87. The molecule has 0 aliphatic carbocycles. The number of hydrogen-bond acceptors (Lipinski definition) is 4. The number of aromatic nitrogens is 4. The van der Waals surface area contributed by atoms with Gasteiger partial charge in [0.2, 0.25) is 0 Å². The van der Waals surface area contributed by atoms with Crippen LogP contribution in [0.25, 0.3) is 22.3 Å². The van der Waals surface area contributed by atoms with Crippen molar-refractivity contribution in [2.75, 3.05) is 13.1 Å². The maximum absolute atomic E-state index is 13.1. The van der Waals surface area contributed by atoms with Gasteiger partial charge in [-0.2, -0.15) is 0 Å². The molecule has 0 saturated carbocycles. The van der Waals surface area contributed by atoms with Gasteiger partial charge in [0.15, 0.2) is 0 Å². The van der Waals surface area contributed by atoms with Crippen LogP contribution >= 0.6 is 0 Å². The fraction of sp³-hybridized carbons (Fsp3) is 0.190. The third kappa shape index (κ3) is 3.19. The molecule has 0 atom stereocenters. The number of benzene rings is 2. The van der Waals surface area contributed by atoms with Crippen molar-refractivity contribution in [1.29, 1.82) is 0 Å². The molecule has 1 fully saturated rings. The predicted octanol–water partition coefficient (Wildman–Crippen LogP) is 3.69. The zero-order chi connectivity index (χ0) is 18.2. The Kier molecular flexibility index (Phi) is 3.90. The molecule has 0 spiro atoms. The first kappa shape index (κ1) is 16.1. The summed E-state index contributed by atoms with van der Waals surface area (Å²) in [6, 6.07) is 13.1. The van der Waals surface area contributed by atoms with E-state index in [0.29, 0.717) is 6.04 Å². The predicted molar refractivity (Wildman–Crippen MR) is 101 cm³/mol. The summed E-state index contributed by atoms with van der Waals surface area (Å²) in [5, 5.41) is 0. The van der Waals surface area contributed by atoms with Gasteiger partial charge < -0.3 is 4.57 Å². The Balaban J connectivity index is 1.23. The van der Waals surface area contributed by atoms with E-state index in [1.165, 1.54) is 17.7 Å². The van der Waals surface area contributed by atoms with E-state index in [4.69, 9.17) is 0 Å². The van der Waals surface area contributed by atoms with Crippen molar-refractivity contribution in [1.82, 2.24) is 24.4 Å². The van der Waals surface area contributed by atoms with Crippen LogP contribution in [0.3, 0.4) is 0 Å². The van der Waals surface area contributed by atoms with Crippen LogP contribution in [0.4, 0.5) is 4.39 Å². The summed E-state index contributed by atoms with van der Waals surface area (Å²) in [5.41, 5.74) is 4.92. The molecule has 5 nitrogen and oxygen atoms in total. The normalized spacial score (nSPS) is 15.1. The summed E-state index contributed by atoms with van der Waals surface area (Å²) in [5.74, 6) is -0.229. The van der Waals surface area contributed by atoms with Gasteiger partial charge in [-0.15, -0.1) is 0 Å². The van der Waals surface area contributed by atoms with Gasteiger partial charge in [0, 0.05) is 43.8 Å². The van der Waals surface area contributed by atoms with Gasteiger partial charge in [0.05, 0.1) is 29.1 Å². The molecule has 5 rings (SSSR count). The average Bonchev–Trinajstić information content (AvgIpc) is 3.14. The third-order valence-corrected chi connectivity index (χ3v) is 5.04. The number of likely N-dealkylation sites (tertiary alicyclic amines) is 1. The van der Waals surface area contributed by atoms with Gasteiger partial charge in [-0.05, 0) is 42.0 Å². The molecule has 0 N–H and O–H groups in total. The zero-order valence-electron chi connectivity index (χ0n) is 14.7. The number of hydrogen-bond donors (Lipinski definition) is 0. The Morgan fingerprint density at radius 2 is 1.70 bits per heavy atom. The molecule has 6 heteroatoms. The summed E-state index contributed by atoms with van der Waals surface area (Å²) >= 11 is 0. The Morgan fingerprint density at radius 1 is 0.926 bits per heavy atom. The van der Waals surface area contributed by atoms with Crippen molar-refractivity contribution in [2.24, 2.45) is 0 Å². The maximum atomic E-state index is 13.1. The fourth-order valence-electron chi connectivity index (χ4n) is 3.53. The number of nitrogens with zero attached hydrogens (tertiary/aromatic N) is 5. The van der Waals surface area contributed by atoms with Crippen molar-refractivity contribution in [3.05, 3.63) is 78.8 Å². The summed E-state index contributed by atoms with van der Waals surface area (Å²) in [6.07, 6.45) is 7.35. The Hall–Kier alpha value is -3.12. The van der Waals surface area contributed by atoms with Gasteiger partial charge in [0.1, 0.15) is 5.82 Å². The van der Waals surface area contributed by atoms with Crippen molar-refractivity contribution in [2.45, 2.75) is 12.6 Å². The Bertz CT molecular complexity index is 1080. The first-order valence-corrected chi connectivity index (χ1v) is 8.96. The molecule has 1 saturated heterocycles. The maximum Gasteiger partial charge on any atom is 0.123 e. The van der Waals surface area contributed by atoms with E-state index < -0.39 is 0 Å². The summed E-state index contributed by atoms with van der Waals surface area (Å²) in [7, 11) is 0. The third-order valence-electron chi connectivity index (χ3n) is 5.04. The topological polar surface area (TPSA) is 46.8 Å². The van der Waals surface area contributed by atoms with Crippen LogP contribution in [0.1, 0.15) is 11.6 Å². The molecule has 134 valence electrons. The summed E-state index contributed by atoms with van der Waals surface area (Å²) < 4.78 is 15.2. The average molecular weight is 359 g/mol. The number of halogens is 1. The van der Waals surface area contributed by atoms with Crippen molar-refractivity contribution >= 4 is 11.0 Å². The minimum atomic E-state index is -0.229. The molecule has 2 aromatic carbocycles. The van der Waals surface area contributed by atoms with E-state index in [-0.39, 0.29) is 5.82 Å². The van der Waals surface area contributed by atoms with Crippen molar-refractivity contribution < 1.29 is 4.39 Å². The molecule has 0 unspecified atom stereocenters. The highest BCUT2D eigenvalue weighted by molar-refractivity contribution is 5.74. The first-order chi connectivity index (χ1) is 13.2. The van der Waals surface area contributed by atoms with Crippen LogP contribution < -0.4 is 0 Å². The quantitative estimate of drug-likeness (QED) is 0.558. The molecule has 1 aliphatic heterocycles. The van der Waals surface area contributed by atoms with Crippen LogP contribution in [-0.2, 0) is 6.54 Å². The molecule has 3 heterocycles. The highest BCUT2D eigenvalue weighted by atomic mass is 19.1. The van der Waals surface area contributed by atoms with Crippen molar-refractivity contribution in [3.63, 3.8) is 0 Å². The number of fused-ring (bicyclic) bond motifs is 1. The van der Waals surface area contributed by atoms with E-state index in [0.717, 1.165) is 41.9 Å². The molecular formula is C21H18FN5. The molecule has 0 amide bonds. The second-order valence-corrected chi connectivity index (χ2v) is 6.94. The molecule has 27 heavy (non-hydrogen) atoms. The lowest BCUT2D eigenvalue weighted by Crippen LogP contribution is -2.46. The lowest BCUT2D eigenvalue weighted by molar-refractivity contribution is 0.0989. The van der Waals surface area contributed by atoms with Crippen LogP contribution in [0, 0.1) is 5.82 Å². The van der Waals surface area contributed by atoms with E-state index in [9.17, 15) is 4.39 Å². The monoisotopic (exact) mass is 359 g/mol. The molecule has 4 aromatic rings. The van der Waals surface area contributed by atoms with Crippen LogP contribution in [0.5, 0.6) is 0 Å². The largest absolute Gasteiger partial charge is 0.331 e. The van der Waals surface area contributed by atoms with E-state index >= 15 is 0 Å². The van der Waals surface area contributed by atoms with Gasteiger partial charge in [0.25, 0.3) is 0 Å². The minimum absolute atomic E-state index is 0.229. The molecule has 2 aromatic heterocycles. The van der Waals surface area contributed by atoms with Gasteiger partial charge in [-0.25, -0.2) is 9.37 Å². The second-order valence-electron chi connectivity index (χ2n) is 6.94.